The summed E-state index contributed by atoms with van der Waals surface area (Å²) >= 11 is 12.0. The summed E-state index contributed by atoms with van der Waals surface area (Å²) in [5.74, 6) is -2.24. The highest BCUT2D eigenvalue weighted by molar-refractivity contribution is 6.35. The summed E-state index contributed by atoms with van der Waals surface area (Å²) in [4.78, 5) is 48.4. The molecule has 28 heavy (non-hydrogen) atoms. The molecule has 1 N–H and O–H groups in total. The van der Waals surface area contributed by atoms with Crippen molar-refractivity contribution in [3.63, 3.8) is 0 Å². The largest absolute Gasteiger partial charge is 0.348 e. The Hall–Kier alpha value is -2.97. The van der Waals surface area contributed by atoms with Gasteiger partial charge < -0.3 is 5.32 Å². The van der Waals surface area contributed by atoms with Crippen LogP contribution in [0.25, 0.3) is 0 Å². The Balaban J connectivity index is 1.76. The van der Waals surface area contributed by atoms with Gasteiger partial charge >= 0.3 is 0 Å². The number of imide groups is 1. The zero-order valence-corrected chi connectivity index (χ0v) is 16.0. The maximum absolute atomic E-state index is 12.5. The first-order valence-corrected chi connectivity index (χ1v) is 8.84. The van der Waals surface area contributed by atoms with Crippen LogP contribution in [0.3, 0.4) is 0 Å². The number of benzene rings is 2. The molecule has 1 aliphatic heterocycles. The highest BCUT2D eigenvalue weighted by atomic mass is 35.5. The van der Waals surface area contributed by atoms with Crippen molar-refractivity contribution >= 4 is 46.6 Å². The van der Waals surface area contributed by atoms with Crippen molar-refractivity contribution in [2.45, 2.75) is 13.0 Å². The predicted octanol–water partition coefficient (Wildman–Crippen LogP) is 3.38. The lowest BCUT2D eigenvalue weighted by molar-refractivity contribution is -0.385. The van der Waals surface area contributed by atoms with Gasteiger partial charge in [0, 0.05) is 16.1 Å². The van der Waals surface area contributed by atoms with Gasteiger partial charge in [-0.3, -0.25) is 29.4 Å². The molecule has 0 aliphatic carbocycles. The van der Waals surface area contributed by atoms with E-state index < -0.39 is 40.9 Å². The van der Waals surface area contributed by atoms with Crippen molar-refractivity contribution < 1.29 is 19.3 Å². The SMILES string of the molecule is CC(NC(=O)CN1C(=O)c2cccc([N+](=O)[O-])c2C1=O)c1ccc(Cl)cc1Cl. The van der Waals surface area contributed by atoms with Gasteiger partial charge in [-0.1, -0.05) is 35.3 Å². The first kappa shape index (κ1) is 19.8. The van der Waals surface area contributed by atoms with E-state index in [0.29, 0.717) is 20.5 Å². The van der Waals surface area contributed by atoms with Gasteiger partial charge in [-0.2, -0.15) is 0 Å². The summed E-state index contributed by atoms with van der Waals surface area (Å²) in [6.07, 6.45) is 0. The van der Waals surface area contributed by atoms with E-state index in [4.69, 9.17) is 23.2 Å². The molecule has 3 rings (SSSR count). The highest BCUT2D eigenvalue weighted by Crippen LogP contribution is 2.31. The minimum atomic E-state index is -0.875. The predicted molar refractivity (Wildman–Crippen MR) is 101 cm³/mol. The zero-order chi connectivity index (χ0) is 20.6. The number of nitro groups is 1. The lowest BCUT2D eigenvalue weighted by Gasteiger charge is -2.18. The first-order valence-electron chi connectivity index (χ1n) is 8.08. The number of nitrogens with one attached hydrogen (secondary N) is 1. The van der Waals surface area contributed by atoms with Crippen molar-refractivity contribution in [1.29, 1.82) is 0 Å². The van der Waals surface area contributed by atoms with Gasteiger partial charge in [-0.25, -0.2) is 0 Å². The van der Waals surface area contributed by atoms with Gasteiger partial charge in [0.2, 0.25) is 5.91 Å². The molecule has 1 unspecified atom stereocenters. The smallest absolute Gasteiger partial charge is 0.282 e. The second kappa shape index (κ2) is 7.57. The molecule has 3 amide bonds. The van der Waals surface area contributed by atoms with Gasteiger partial charge in [-0.05, 0) is 30.7 Å². The molecule has 0 fully saturated rings. The van der Waals surface area contributed by atoms with E-state index in [1.165, 1.54) is 18.2 Å². The Kier molecular flexibility index (Phi) is 5.35. The molecule has 1 atom stereocenters. The van der Waals surface area contributed by atoms with Gasteiger partial charge in [0.1, 0.15) is 12.1 Å². The third-order valence-corrected chi connectivity index (χ3v) is 4.84. The Morgan fingerprint density at radius 2 is 1.93 bits per heavy atom. The standard InChI is InChI=1S/C18H13Cl2N3O5/c1-9(11-6-5-10(19)7-13(11)20)21-15(24)8-22-17(25)12-3-2-4-14(23(27)28)16(12)18(22)26/h2-7,9H,8H2,1H3,(H,21,24). The quantitative estimate of drug-likeness (QED) is 0.451. The lowest BCUT2D eigenvalue weighted by Crippen LogP contribution is -2.41. The number of carbonyl (C=O) groups excluding carboxylic acids is 3. The summed E-state index contributed by atoms with van der Waals surface area (Å²) in [6, 6.07) is 8.06. The van der Waals surface area contributed by atoms with Crippen molar-refractivity contribution in [3.8, 4) is 0 Å². The van der Waals surface area contributed by atoms with E-state index in [9.17, 15) is 24.5 Å². The topological polar surface area (TPSA) is 110 Å². The average Bonchev–Trinajstić information content (AvgIpc) is 2.86. The Labute approximate surface area is 169 Å². The van der Waals surface area contributed by atoms with E-state index in [0.717, 1.165) is 6.07 Å². The van der Waals surface area contributed by atoms with Crippen molar-refractivity contribution in [2.24, 2.45) is 0 Å². The number of carbonyl (C=O) groups is 3. The van der Waals surface area contributed by atoms with Gasteiger partial charge in [0.25, 0.3) is 17.5 Å². The monoisotopic (exact) mass is 421 g/mol. The summed E-state index contributed by atoms with van der Waals surface area (Å²) < 4.78 is 0. The molecule has 0 saturated heterocycles. The number of hydrogen-bond donors (Lipinski definition) is 1. The number of amides is 3. The molecular formula is C18H13Cl2N3O5. The van der Waals surface area contributed by atoms with Crippen molar-refractivity contribution in [3.05, 3.63) is 73.2 Å². The number of nitrogens with zero attached hydrogens (tertiary/aromatic N) is 2. The minimum Gasteiger partial charge on any atom is -0.348 e. The fraction of sp³-hybridized carbons (Fsp3) is 0.167. The number of halogens is 2. The second-order valence-electron chi connectivity index (χ2n) is 6.11. The van der Waals surface area contributed by atoms with Gasteiger partial charge in [0.15, 0.2) is 0 Å². The number of fused-ring (bicyclic) bond motifs is 1. The zero-order valence-electron chi connectivity index (χ0n) is 14.4. The summed E-state index contributed by atoms with van der Waals surface area (Å²) in [7, 11) is 0. The number of nitro benzene ring substituents is 1. The van der Waals surface area contributed by atoms with E-state index >= 15 is 0 Å². The van der Waals surface area contributed by atoms with Crippen LogP contribution >= 0.6 is 23.2 Å². The Morgan fingerprint density at radius 3 is 2.57 bits per heavy atom. The summed E-state index contributed by atoms with van der Waals surface area (Å²) in [5.41, 5.74) is -0.266. The van der Waals surface area contributed by atoms with Gasteiger partial charge in [-0.15, -0.1) is 0 Å². The molecule has 10 heteroatoms. The Bertz CT molecular complexity index is 1020. The van der Waals surface area contributed by atoms with Crippen LogP contribution in [0.2, 0.25) is 10.0 Å². The third kappa shape index (κ3) is 3.56. The molecule has 0 aromatic heterocycles. The molecular weight excluding hydrogens is 409 g/mol. The first-order chi connectivity index (χ1) is 13.2. The van der Waals surface area contributed by atoms with E-state index in [-0.39, 0.29) is 11.1 Å². The maximum atomic E-state index is 12.5. The van der Waals surface area contributed by atoms with Crippen molar-refractivity contribution in [1.82, 2.24) is 10.2 Å². The fourth-order valence-electron chi connectivity index (χ4n) is 2.97. The summed E-state index contributed by atoms with van der Waals surface area (Å²) in [6.45, 7) is 1.11. The molecule has 1 heterocycles. The average molecular weight is 422 g/mol. The molecule has 8 nitrogen and oxygen atoms in total. The molecule has 2 aromatic rings. The van der Waals surface area contributed by atoms with E-state index in [1.54, 1.807) is 19.1 Å². The van der Waals surface area contributed by atoms with E-state index in [2.05, 4.69) is 5.32 Å². The fourth-order valence-corrected chi connectivity index (χ4v) is 3.54. The van der Waals surface area contributed by atoms with Crippen LogP contribution in [0, 0.1) is 10.1 Å². The van der Waals surface area contributed by atoms with Crippen LogP contribution in [-0.4, -0.2) is 34.1 Å². The molecule has 0 radical (unpaired) electrons. The highest BCUT2D eigenvalue weighted by Gasteiger charge is 2.41. The van der Waals surface area contributed by atoms with Crippen LogP contribution in [0.4, 0.5) is 5.69 Å². The number of rotatable bonds is 5. The molecule has 2 aromatic carbocycles. The number of hydrogen-bond acceptors (Lipinski definition) is 5. The van der Waals surface area contributed by atoms with Crippen LogP contribution in [0.5, 0.6) is 0 Å². The minimum absolute atomic E-state index is 0.0965. The lowest BCUT2D eigenvalue weighted by atomic mass is 10.1. The molecule has 0 spiro atoms. The molecule has 0 saturated carbocycles. The van der Waals surface area contributed by atoms with Crippen LogP contribution in [0.15, 0.2) is 36.4 Å². The van der Waals surface area contributed by atoms with Crippen LogP contribution in [0.1, 0.15) is 39.2 Å². The summed E-state index contributed by atoms with van der Waals surface area (Å²) in [5, 5.41) is 14.6. The molecule has 144 valence electrons. The third-order valence-electron chi connectivity index (χ3n) is 4.28. The second-order valence-corrected chi connectivity index (χ2v) is 6.95. The van der Waals surface area contributed by atoms with Crippen LogP contribution in [-0.2, 0) is 4.79 Å². The van der Waals surface area contributed by atoms with E-state index in [1.807, 2.05) is 0 Å². The normalized spacial score (nSPS) is 14.0. The Morgan fingerprint density at radius 1 is 1.21 bits per heavy atom. The van der Waals surface area contributed by atoms with Crippen LogP contribution < -0.4 is 5.32 Å². The molecule has 1 aliphatic rings. The van der Waals surface area contributed by atoms with Gasteiger partial charge in [0.05, 0.1) is 16.5 Å². The molecule has 0 bridgehead atoms. The maximum Gasteiger partial charge on any atom is 0.282 e. The van der Waals surface area contributed by atoms with Crippen molar-refractivity contribution in [2.75, 3.05) is 6.54 Å².